The maximum absolute atomic E-state index is 5.95. The zero-order valence-corrected chi connectivity index (χ0v) is 10.9. The van der Waals surface area contributed by atoms with Crippen molar-refractivity contribution in [3.63, 3.8) is 0 Å². The molecule has 0 amide bonds. The number of hydrogen-bond acceptors (Lipinski definition) is 2. The lowest BCUT2D eigenvalue weighted by molar-refractivity contribution is 0.900. The molecule has 3 nitrogen and oxygen atoms in total. The Morgan fingerprint density at radius 2 is 1.94 bits per heavy atom. The van der Waals surface area contributed by atoms with E-state index in [2.05, 4.69) is 10.1 Å². The lowest BCUT2D eigenvalue weighted by atomic mass is 10.1. The fraction of sp³-hybridized carbons (Fsp3) is 0.0769. The smallest absolute Gasteiger partial charge is 0.156 e. The summed E-state index contributed by atoms with van der Waals surface area (Å²) in [5.74, 6) is 0.750. The first-order valence-corrected chi connectivity index (χ1v) is 6.21. The van der Waals surface area contributed by atoms with E-state index in [1.807, 2.05) is 30.3 Å². The highest BCUT2D eigenvalue weighted by Gasteiger charge is 2.05. The van der Waals surface area contributed by atoms with Gasteiger partial charge in [-0.2, -0.15) is 5.10 Å². The third-order valence-electron chi connectivity index (χ3n) is 2.59. The molecule has 1 aromatic carbocycles. The molecule has 2 aromatic heterocycles. The molecule has 0 atom stereocenters. The number of halogens is 2. The summed E-state index contributed by atoms with van der Waals surface area (Å²) < 4.78 is 1.68. The molecule has 3 rings (SSSR count). The second kappa shape index (κ2) is 4.59. The summed E-state index contributed by atoms with van der Waals surface area (Å²) in [6.07, 6.45) is 2.39. The Hall–Kier alpha value is -1.58. The summed E-state index contributed by atoms with van der Waals surface area (Å²) in [6.45, 7) is 0. The van der Waals surface area contributed by atoms with Gasteiger partial charge >= 0.3 is 0 Å². The fourth-order valence-electron chi connectivity index (χ4n) is 1.81. The van der Waals surface area contributed by atoms with Crippen LogP contribution in [-0.4, -0.2) is 14.6 Å². The first kappa shape index (κ1) is 11.5. The van der Waals surface area contributed by atoms with Crippen LogP contribution in [0.25, 0.3) is 5.65 Å². The molecule has 0 N–H and O–H groups in total. The zero-order valence-electron chi connectivity index (χ0n) is 9.35. The fourth-order valence-corrected chi connectivity index (χ4v) is 2.18. The quantitative estimate of drug-likeness (QED) is 0.716. The largest absolute Gasteiger partial charge is 0.219 e. The highest BCUT2D eigenvalue weighted by atomic mass is 35.5. The van der Waals surface area contributed by atoms with Gasteiger partial charge in [-0.1, -0.05) is 35.3 Å². The van der Waals surface area contributed by atoms with Gasteiger partial charge in [-0.25, -0.2) is 9.50 Å². The zero-order chi connectivity index (χ0) is 12.5. The lowest BCUT2D eigenvalue weighted by Crippen LogP contribution is -1.92. The molecule has 0 saturated heterocycles. The average Bonchev–Trinajstić information content (AvgIpc) is 2.70. The Labute approximate surface area is 114 Å². The molecule has 0 aliphatic carbocycles. The van der Waals surface area contributed by atoms with Crippen molar-refractivity contribution in [1.29, 1.82) is 0 Å². The van der Waals surface area contributed by atoms with Gasteiger partial charge in [-0.3, -0.25) is 0 Å². The van der Waals surface area contributed by atoms with Gasteiger partial charge < -0.3 is 0 Å². The van der Waals surface area contributed by atoms with E-state index in [1.165, 1.54) is 0 Å². The van der Waals surface area contributed by atoms with E-state index in [4.69, 9.17) is 23.2 Å². The molecule has 0 radical (unpaired) electrons. The van der Waals surface area contributed by atoms with Crippen molar-refractivity contribution in [2.45, 2.75) is 6.42 Å². The third-order valence-corrected chi connectivity index (χ3v) is 3.05. The molecule has 90 valence electrons. The minimum atomic E-state index is 0.640. The van der Waals surface area contributed by atoms with Crippen LogP contribution in [-0.2, 0) is 6.42 Å². The van der Waals surface area contributed by atoms with Gasteiger partial charge in [0, 0.05) is 17.6 Å². The molecular formula is C13H9Cl2N3. The van der Waals surface area contributed by atoms with E-state index in [0.717, 1.165) is 22.1 Å². The van der Waals surface area contributed by atoms with Crippen LogP contribution in [0, 0.1) is 0 Å². The summed E-state index contributed by atoms with van der Waals surface area (Å²) in [5, 5.41) is 5.74. The van der Waals surface area contributed by atoms with E-state index in [9.17, 15) is 0 Å². The van der Waals surface area contributed by atoms with Gasteiger partial charge in [0.1, 0.15) is 0 Å². The summed E-state index contributed by atoms with van der Waals surface area (Å²) in [6, 6.07) is 11.3. The van der Waals surface area contributed by atoms with Gasteiger partial charge in [0.2, 0.25) is 0 Å². The predicted molar refractivity (Wildman–Crippen MR) is 72.3 cm³/mol. The second-order valence-electron chi connectivity index (χ2n) is 3.98. The molecule has 0 spiro atoms. The molecule has 0 saturated carbocycles. The summed E-state index contributed by atoms with van der Waals surface area (Å²) in [5.41, 5.74) is 1.88. The Balaban J connectivity index is 1.95. The van der Waals surface area contributed by atoms with Crippen LogP contribution >= 0.6 is 23.2 Å². The van der Waals surface area contributed by atoms with Crippen LogP contribution in [0.4, 0.5) is 0 Å². The van der Waals surface area contributed by atoms with E-state index in [-0.39, 0.29) is 0 Å². The Bertz CT molecular complexity index is 706. The molecule has 0 bridgehead atoms. The molecular weight excluding hydrogens is 269 g/mol. The van der Waals surface area contributed by atoms with Crippen LogP contribution in [0.5, 0.6) is 0 Å². The lowest BCUT2D eigenvalue weighted by Gasteiger charge is -1.97. The van der Waals surface area contributed by atoms with Crippen LogP contribution in [0.3, 0.4) is 0 Å². The maximum Gasteiger partial charge on any atom is 0.156 e. The van der Waals surface area contributed by atoms with Crippen molar-refractivity contribution in [3.05, 3.63) is 64.0 Å². The SMILES string of the molecule is Clc1cccc(Cc2nc3ccc(Cl)cn3n2)c1. The summed E-state index contributed by atoms with van der Waals surface area (Å²) in [4.78, 5) is 4.43. The molecule has 0 fully saturated rings. The van der Waals surface area contributed by atoms with Gasteiger partial charge in [0.25, 0.3) is 0 Å². The van der Waals surface area contributed by atoms with Crippen LogP contribution < -0.4 is 0 Å². The van der Waals surface area contributed by atoms with Gasteiger partial charge in [0.05, 0.1) is 5.02 Å². The number of nitrogens with zero attached hydrogens (tertiary/aromatic N) is 3. The van der Waals surface area contributed by atoms with Gasteiger partial charge in [0.15, 0.2) is 11.5 Å². The van der Waals surface area contributed by atoms with Crippen molar-refractivity contribution in [1.82, 2.24) is 14.6 Å². The molecule has 0 aliphatic rings. The Morgan fingerprint density at radius 3 is 2.78 bits per heavy atom. The van der Waals surface area contributed by atoms with Crippen LogP contribution in [0.2, 0.25) is 10.0 Å². The predicted octanol–water partition coefficient (Wildman–Crippen LogP) is 3.63. The van der Waals surface area contributed by atoms with E-state index in [0.29, 0.717) is 11.4 Å². The van der Waals surface area contributed by atoms with E-state index in [1.54, 1.807) is 16.8 Å². The number of benzene rings is 1. The number of hydrogen-bond donors (Lipinski definition) is 0. The van der Waals surface area contributed by atoms with Crippen LogP contribution in [0.15, 0.2) is 42.6 Å². The molecule has 0 aliphatic heterocycles. The molecule has 3 aromatic rings. The first-order chi connectivity index (χ1) is 8.70. The van der Waals surface area contributed by atoms with Crippen molar-refractivity contribution >= 4 is 28.8 Å². The third kappa shape index (κ3) is 2.33. The summed E-state index contributed by atoms with van der Waals surface area (Å²) >= 11 is 11.8. The molecule has 0 unspecified atom stereocenters. The molecule has 18 heavy (non-hydrogen) atoms. The normalized spacial score (nSPS) is 11.0. The van der Waals surface area contributed by atoms with Crippen molar-refractivity contribution in [2.75, 3.05) is 0 Å². The Morgan fingerprint density at radius 1 is 1.06 bits per heavy atom. The molecule has 2 heterocycles. The van der Waals surface area contributed by atoms with Crippen molar-refractivity contribution < 1.29 is 0 Å². The number of fused-ring (bicyclic) bond motifs is 1. The number of rotatable bonds is 2. The minimum absolute atomic E-state index is 0.640. The number of aromatic nitrogens is 3. The van der Waals surface area contributed by atoms with E-state index < -0.39 is 0 Å². The second-order valence-corrected chi connectivity index (χ2v) is 4.86. The molecule has 5 heteroatoms. The van der Waals surface area contributed by atoms with E-state index >= 15 is 0 Å². The first-order valence-electron chi connectivity index (χ1n) is 5.46. The standard InChI is InChI=1S/C13H9Cl2N3/c14-10-3-1-2-9(6-10)7-12-16-13-5-4-11(15)8-18(13)17-12/h1-6,8H,7H2. The van der Waals surface area contributed by atoms with Gasteiger partial charge in [-0.15, -0.1) is 0 Å². The Kier molecular flexibility index (Phi) is 2.94. The van der Waals surface area contributed by atoms with Gasteiger partial charge in [-0.05, 0) is 29.8 Å². The highest BCUT2D eigenvalue weighted by molar-refractivity contribution is 6.30. The van der Waals surface area contributed by atoms with Crippen molar-refractivity contribution in [2.24, 2.45) is 0 Å². The summed E-state index contributed by atoms with van der Waals surface area (Å²) in [7, 11) is 0. The van der Waals surface area contributed by atoms with Crippen LogP contribution in [0.1, 0.15) is 11.4 Å². The number of pyridine rings is 1. The maximum atomic E-state index is 5.95. The van der Waals surface area contributed by atoms with Crippen molar-refractivity contribution in [3.8, 4) is 0 Å². The topological polar surface area (TPSA) is 30.2 Å². The average molecular weight is 278 g/mol. The highest BCUT2D eigenvalue weighted by Crippen LogP contribution is 2.14. The minimum Gasteiger partial charge on any atom is -0.219 e. The monoisotopic (exact) mass is 277 g/mol.